The first-order chi connectivity index (χ1) is 8.49. The van der Waals surface area contributed by atoms with Gasteiger partial charge in [0.25, 0.3) is 5.91 Å². The number of carbonyl (C=O) groups is 1. The number of carbonyl (C=O) groups excluding carboxylic acids is 1. The van der Waals surface area contributed by atoms with Crippen molar-refractivity contribution in [1.82, 2.24) is 9.80 Å². The summed E-state index contributed by atoms with van der Waals surface area (Å²) in [7, 11) is 2.07. The fourth-order valence-corrected chi connectivity index (χ4v) is 2.45. The van der Waals surface area contributed by atoms with Gasteiger partial charge in [0.1, 0.15) is 0 Å². The van der Waals surface area contributed by atoms with Crippen LogP contribution in [0.3, 0.4) is 0 Å². The number of halogens is 1. The molecule has 0 saturated carbocycles. The molecule has 2 rings (SSSR count). The lowest BCUT2D eigenvalue weighted by Crippen LogP contribution is -2.52. The summed E-state index contributed by atoms with van der Waals surface area (Å²) in [5, 5.41) is 0.433. The highest BCUT2D eigenvalue weighted by molar-refractivity contribution is 6.33. The van der Waals surface area contributed by atoms with Gasteiger partial charge in [-0.05, 0) is 32.2 Å². The summed E-state index contributed by atoms with van der Waals surface area (Å²) in [6, 6.07) is 5.27. The maximum absolute atomic E-state index is 12.4. The standard InChI is InChI=1S/C13H18ClN3O/c1-9-8-16(2)5-6-17(9)13(18)10-3-4-12(15)11(14)7-10/h3-4,7,9H,5-6,8,15H2,1-2H3. The van der Waals surface area contributed by atoms with Gasteiger partial charge in [-0.3, -0.25) is 4.79 Å². The van der Waals surface area contributed by atoms with E-state index in [0.29, 0.717) is 16.3 Å². The van der Waals surface area contributed by atoms with Crippen LogP contribution in [0.5, 0.6) is 0 Å². The lowest BCUT2D eigenvalue weighted by atomic mass is 10.1. The Labute approximate surface area is 112 Å². The van der Waals surface area contributed by atoms with Gasteiger partial charge in [-0.25, -0.2) is 0 Å². The molecule has 1 aromatic carbocycles. The number of benzene rings is 1. The average Bonchev–Trinajstić information content (AvgIpc) is 2.32. The zero-order valence-electron chi connectivity index (χ0n) is 10.7. The SMILES string of the molecule is CC1CN(C)CCN1C(=O)c1ccc(N)c(Cl)c1. The molecule has 1 aromatic rings. The highest BCUT2D eigenvalue weighted by atomic mass is 35.5. The Kier molecular flexibility index (Phi) is 3.78. The number of nitrogens with two attached hydrogens (primary N) is 1. The van der Waals surface area contributed by atoms with Gasteiger partial charge in [-0.2, -0.15) is 0 Å². The van der Waals surface area contributed by atoms with E-state index >= 15 is 0 Å². The zero-order chi connectivity index (χ0) is 13.3. The number of rotatable bonds is 1. The molecule has 1 amide bonds. The Bertz CT molecular complexity index is 464. The summed E-state index contributed by atoms with van der Waals surface area (Å²) >= 11 is 5.95. The second-order valence-electron chi connectivity index (χ2n) is 4.85. The largest absolute Gasteiger partial charge is 0.398 e. The van der Waals surface area contributed by atoms with E-state index < -0.39 is 0 Å². The summed E-state index contributed by atoms with van der Waals surface area (Å²) < 4.78 is 0. The molecular weight excluding hydrogens is 250 g/mol. The fraction of sp³-hybridized carbons (Fsp3) is 0.462. The van der Waals surface area contributed by atoms with Crippen LogP contribution in [-0.4, -0.2) is 48.4 Å². The molecule has 0 bridgehead atoms. The summed E-state index contributed by atoms with van der Waals surface area (Å²) in [6.07, 6.45) is 0. The van der Waals surface area contributed by atoms with Crippen LogP contribution in [0.4, 0.5) is 5.69 Å². The number of nitrogen functional groups attached to an aromatic ring is 1. The van der Waals surface area contributed by atoms with Crippen molar-refractivity contribution in [2.24, 2.45) is 0 Å². The molecule has 1 aliphatic heterocycles. The molecule has 4 nitrogen and oxygen atoms in total. The Balaban J connectivity index is 2.18. The van der Waals surface area contributed by atoms with E-state index in [-0.39, 0.29) is 11.9 Å². The zero-order valence-corrected chi connectivity index (χ0v) is 11.4. The van der Waals surface area contributed by atoms with Gasteiger partial charge >= 0.3 is 0 Å². The Morgan fingerprint density at radius 1 is 1.44 bits per heavy atom. The Morgan fingerprint density at radius 3 is 2.78 bits per heavy atom. The highest BCUT2D eigenvalue weighted by Crippen LogP contribution is 2.21. The number of hydrogen-bond acceptors (Lipinski definition) is 3. The van der Waals surface area contributed by atoms with Gasteiger partial charge in [0, 0.05) is 31.2 Å². The minimum absolute atomic E-state index is 0.0255. The van der Waals surface area contributed by atoms with E-state index in [1.54, 1.807) is 18.2 Å². The van der Waals surface area contributed by atoms with Crippen molar-refractivity contribution in [2.45, 2.75) is 13.0 Å². The lowest BCUT2D eigenvalue weighted by molar-refractivity contribution is 0.0533. The first-order valence-corrected chi connectivity index (χ1v) is 6.41. The third-order valence-electron chi connectivity index (χ3n) is 3.34. The van der Waals surface area contributed by atoms with Crippen LogP contribution in [0.1, 0.15) is 17.3 Å². The first kappa shape index (κ1) is 13.2. The second kappa shape index (κ2) is 5.16. The highest BCUT2D eigenvalue weighted by Gasteiger charge is 2.26. The summed E-state index contributed by atoms with van der Waals surface area (Å²) in [6.45, 7) is 4.61. The van der Waals surface area contributed by atoms with E-state index in [1.807, 2.05) is 4.90 Å². The Hall–Kier alpha value is -1.26. The molecule has 2 N–H and O–H groups in total. The number of amides is 1. The van der Waals surface area contributed by atoms with Crippen LogP contribution in [0.15, 0.2) is 18.2 Å². The van der Waals surface area contributed by atoms with Crippen molar-refractivity contribution in [3.05, 3.63) is 28.8 Å². The molecule has 0 radical (unpaired) electrons. The fourth-order valence-electron chi connectivity index (χ4n) is 2.27. The van der Waals surface area contributed by atoms with Crippen LogP contribution in [0, 0.1) is 0 Å². The molecule has 0 spiro atoms. The topological polar surface area (TPSA) is 49.6 Å². The maximum Gasteiger partial charge on any atom is 0.254 e. The van der Waals surface area contributed by atoms with Gasteiger partial charge in [0.2, 0.25) is 0 Å². The van der Waals surface area contributed by atoms with Crippen molar-refractivity contribution in [3.8, 4) is 0 Å². The molecule has 1 aliphatic rings. The average molecular weight is 268 g/mol. The normalized spacial score (nSPS) is 21.1. The number of piperazine rings is 1. The van der Waals surface area contributed by atoms with Crippen molar-refractivity contribution in [3.63, 3.8) is 0 Å². The number of nitrogens with zero attached hydrogens (tertiary/aromatic N) is 2. The molecule has 18 heavy (non-hydrogen) atoms. The van der Waals surface area contributed by atoms with Crippen LogP contribution in [0.25, 0.3) is 0 Å². The minimum Gasteiger partial charge on any atom is -0.398 e. The predicted molar refractivity (Wildman–Crippen MR) is 73.9 cm³/mol. The van der Waals surface area contributed by atoms with Gasteiger partial charge in [-0.1, -0.05) is 11.6 Å². The molecule has 98 valence electrons. The summed E-state index contributed by atoms with van der Waals surface area (Å²) in [4.78, 5) is 16.5. The second-order valence-corrected chi connectivity index (χ2v) is 5.25. The summed E-state index contributed by atoms with van der Waals surface area (Å²) in [5.41, 5.74) is 6.75. The van der Waals surface area contributed by atoms with E-state index in [4.69, 9.17) is 17.3 Å². The van der Waals surface area contributed by atoms with Crippen molar-refractivity contribution < 1.29 is 4.79 Å². The van der Waals surface area contributed by atoms with Crippen LogP contribution in [-0.2, 0) is 0 Å². The third-order valence-corrected chi connectivity index (χ3v) is 3.67. The number of anilines is 1. The molecular formula is C13H18ClN3O. The molecule has 1 unspecified atom stereocenters. The van der Waals surface area contributed by atoms with Crippen molar-refractivity contribution >= 4 is 23.2 Å². The number of hydrogen-bond donors (Lipinski definition) is 1. The van der Waals surface area contributed by atoms with Gasteiger partial charge in [0.15, 0.2) is 0 Å². The monoisotopic (exact) mass is 267 g/mol. The molecule has 1 saturated heterocycles. The minimum atomic E-state index is 0.0255. The summed E-state index contributed by atoms with van der Waals surface area (Å²) in [5.74, 6) is 0.0255. The van der Waals surface area contributed by atoms with Crippen LogP contribution in [0.2, 0.25) is 5.02 Å². The molecule has 1 heterocycles. The van der Waals surface area contributed by atoms with Gasteiger partial charge < -0.3 is 15.5 Å². The van der Waals surface area contributed by atoms with Crippen molar-refractivity contribution in [1.29, 1.82) is 0 Å². The Morgan fingerprint density at radius 2 is 2.17 bits per heavy atom. The maximum atomic E-state index is 12.4. The molecule has 0 aromatic heterocycles. The molecule has 1 atom stereocenters. The van der Waals surface area contributed by atoms with Crippen LogP contribution < -0.4 is 5.73 Å². The third kappa shape index (κ3) is 2.60. The van der Waals surface area contributed by atoms with E-state index in [1.165, 1.54) is 0 Å². The quantitative estimate of drug-likeness (QED) is 0.788. The smallest absolute Gasteiger partial charge is 0.254 e. The van der Waals surface area contributed by atoms with Gasteiger partial charge in [-0.15, -0.1) is 0 Å². The van der Waals surface area contributed by atoms with E-state index in [9.17, 15) is 4.79 Å². The van der Waals surface area contributed by atoms with E-state index in [0.717, 1.165) is 19.6 Å². The molecule has 0 aliphatic carbocycles. The van der Waals surface area contributed by atoms with Gasteiger partial charge in [0.05, 0.1) is 10.7 Å². The molecule has 5 heteroatoms. The van der Waals surface area contributed by atoms with E-state index in [2.05, 4.69) is 18.9 Å². The van der Waals surface area contributed by atoms with Crippen LogP contribution >= 0.6 is 11.6 Å². The number of likely N-dealkylation sites (N-methyl/N-ethyl adjacent to an activating group) is 1. The van der Waals surface area contributed by atoms with Crippen molar-refractivity contribution in [2.75, 3.05) is 32.4 Å². The first-order valence-electron chi connectivity index (χ1n) is 6.03. The predicted octanol–water partition coefficient (Wildman–Crippen LogP) is 1.70. The lowest BCUT2D eigenvalue weighted by Gasteiger charge is -2.38. The molecule has 1 fully saturated rings.